The molecule has 3 rings (SSSR count). The number of fused-ring (bicyclic) bond motifs is 1. The monoisotopic (exact) mass is 315 g/mol. The number of carbonyl (C=O) groups excluding carboxylic acids is 1. The SMILES string of the molecule is Cc1noc(CCC(=O)N2Cc3ccccc3[C@H](C(=O)O)C2)n1. The van der Waals surface area contributed by atoms with Gasteiger partial charge in [-0.15, -0.1) is 0 Å². The van der Waals surface area contributed by atoms with E-state index in [2.05, 4.69) is 10.1 Å². The Kier molecular flexibility index (Phi) is 4.10. The van der Waals surface area contributed by atoms with Crippen LogP contribution in [0.5, 0.6) is 0 Å². The maximum Gasteiger partial charge on any atom is 0.312 e. The van der Waals surface area contributed by atoms with E-state index in [1.54, 1.807) is 11.8 Å². The first kappa shape index (κ1) is 15.2. The van der Waals surface area contributed by atoms with Gasteiger partial charge in [-0.3, -0.25) is 9.59 Å². The van der Waals surface area contributed by atoms with E-state index in [-0.39, 0.29) is 18.9 Å². The number of hydrogen-bond donors (Lipinski definition) is 1. The number of benzene rings is 1. The molecule has 1 aliphatic rings. The Balaban J connectivity index is 1.71. The Morgan fingerprint density at radius 1 is 1.39 bits per heavy atom. The minimum atomic E-state index is -0.914. The molecule has 0 saturated heterocycles. The van der Waals surface area contributed by atoms with Gasteiger partial charge in [0.15, 0.2) is 5.82 Å². The van der Waals surface area contributed by atoms with Crippen molar-refractivity contribution in [2.45, 2.75) is 32.2 Å². The fraction of sp³-hybridized carbons (Fsp3) is 0.375. The maximum atomic E-state index is 12.4. The molecule has 7 nitrogen and oxygen atoms in total. The number of rotatable bonds is 4. The number of hydrogen-bond acceptors (Lipinski definition) is 5. The molecule has 0 aliphatic carbocycles. The molecule has 0 bridgehead atoms. The van der Waals surface area contributed by atoms with Crippen LogP contribution in [-0.4, -0.2) is 38.6 Å². The van der Waals surface area contributed by atoms with Crippen molar-refractivity contribution in [2.75, 3.05) is 6.54 Å². The third-order valence-corrected chi connectivity index (χ3v) is 3.97. The summed E-state index contributed by atoms with van der Waals surface area (Å²) in [4.78, 5) is 29.5. The Morgan fingerprint density at radius 2 is 2.17 bits per heavy atom. The third kappa shape index (κ3) is 3.23. The van der Waals surface area contributed by atoms with Crippen molar-refractivity contribution in [1.82, 2.24) is 15.0 Å². The number of amides is 1. The molecule has 1 atom stereocenters. The van der Waals surface area contributed by atoms with Crippen LogP contribution in [0.25, 0.3) is 0 Å². The lowest BCUT2D eigenvalue weighted by atomic mass is 9.89. The highest BCUT2D eigenvalue weighted by molar-refractivity contribution is 5.81. The number of carbonyl (C=O) groups is 2. The minimum Gasteiger partial charge on any atom is -0.481 e. The van der Waals surface area contributed by atoms with E-state index in [0.29, 0.717) is 24.7 Å². The van der Waals surface area contributed by atoms with Gasteiger partial charge in [-0.2, -0.15) is 4.98 Å². The van der Waals surface area contributed by atoms with Crippen LogP contribution in [0, 0.1) is 6.92 Å². The number of nitrogens with zero attached hydrogens (tertiary/aromatic N) is 3. The topological polar surface area (TPSA) is 96.5 Å². The summed E-state index contributed by atoms with van der Waals surface area (Å²) in [7, 11) is 0. The molecule has 1 amide bonds. The van der Waals surface area contributed by atoms with Crippen LogP contribution >= 0.6 is 0 Å². The molecule has 1 aliphatic heterocycles. The van der Waals surface area contributed by atoms with Gasteiger partial charge in [-0.1, -0.05) is 29.4 Å². The van der Waals surface area contributed by atoms with Crippen molar-refractivity contribution in [1.29, 1.82) is 0 Å². The highest BCUT2D eigenvalue weighted by Crippen LogP contribution is 2.28. The van der Waals surface area contributed by atoms with Gasteiger partial charge in [0.1, 0.15) is 0 Å². The number of carboxylic acids is 1. The predicted molar refractivity (Wildman–Crippen MR) is 79.6 cm³/mol. The second kappa shape index (κ2) is 6.20. The fourth-order valence-electron chi connectivity index (χ4n) is 2.82. The van der Waals surface area contributed by atoms with Gasteiger partial charge in [0, 0.05) is 25.9 Å². The van der Waals surface area contributed by atoms with Crippen LogP contribution < -0.4 is 0 Å². The first-order valence-electron chi connectivity index (χ1n) is 7.42. The molecule has 2 aromatic rings. The molecule has 0 spiro atoms. The van der Waals surface area contributed by atoms with E-state index >= 15 is 0 Å². The summed E-state index contributed by atoms with van der Waals surface area (Å²) in [5, 5.41) is 13.1. The normalized spacial score (nSPS) is 16.9. The number of aromatic nitrogens is 2. The lowest BCUT2D eigenvalue weighted by Crippen LogP contribution is -2.40. The highest BCUT2D eigenvalue weighted by Gasteiger charge is 2.32. The number of aryl methyl sites for hydroxylation is 2. The van der Waals surface area contributed by atoms with Gasteiger partial charge in [0.2, 0.25) is 11.8 Å². The van der Waals surface area contributed by atoms with Crippen molar-refractivity contribution in [3.63, 3.8) is 0 Å². The predicted octanol–water partition coefficient (Wildman–Crippen LogP) is 1.52. The van der Waals surface area contributed by atoms with Crippen LogP contribution in [0.3, 0.4) is 0 Å². The zero-order valence-electron chi connectivity index (χ0n) is 12.7. The first-order valence-corrected chi connectivity index (χ1v) is 7.42. The maximum absolute atomic E-state index is 12.4. The lowest BCUT2D eigenvalue weighted by Gasteiger charge is -2.32. The van der Waals surface area contributed by atoms with Gasteiger partial charge in [-0.25, -0.2) is 0 Å². The smallest absolute Gasteiger partial charge is 0.312 e. The molecule has 2 heterocycles. The van der Waals surface area contributed by atoms with Crippen molar-refractivity contribution >= 4 is 11.9 Å². The fourth-order valence-corrected chi connectivity index (χ4v) is 2.82. The van der Waals surface area contributed by atoms with E-state index in [1.807, 2.05) is 24.3 Å². The van der Waals surface area contributed by atoms with Crippen molar-refractivity contribution in [2.24, 2.45) is 0 Å². The molecular formula is C16H17N3O4. The van der Waals surface area contributed by atoms with Crippen LogP contribution in [-0.2, 0) is 22.6 Å². The summed E-state index contributed by atoms with van der Waals surface area (Å²) < 4.78 is 4.99. The summed E-state index contributed by atoms with van der Waals surface area (Å²) in [6, 6.07) is 7.36. The van der Waals surface area contributed by atoms with Crippen LogP contribution in [0.2, 0.25) is 0 Å². The average molecular weight is 315 g/mol. The Morgan fingerprint density at radius 3 is 2.87 bits per heavy atom. The molecule has 0 fully saturated rings. The van der Waals surface area contributed by atoms with Crippen LogP contribution in [0.1, 0.15) is 35.2 Å². The molecule has 0 radical (unpaired) electrons. The van der Waals surface area contributed by atoms with E-state index in [1.165, 1.54) is 0 Å². The van der Waals surface area contributed by atoms with Gasteiger partial charge >= 0.3 is 5.97 Å². The summed E-state index contributed by atoms with van der Waals surface area (Å²) in [5.41, 5.74) is 1.67. The van der Waals surface area contributed by atoms with Gasteiger partial charge in [0.25, 0.3) is 0 Å². The van der Waals surface area contributed by atoms with Crippen molar-refractivity contribution in [3.8, 4) is 0 Å². The summed E-state index contributed by atoms with van der Waals surface area (Å²) in [5.74, 6) is -0.757. The number of aliphatic carboxylic acids is 1. The van der Waals surface area contributed by atoms with E-state index in [4.69, 9.17) is 4.52 Å². The molecule has 0 saturated carbocycles. The molecule has 0 unspecified atom stereocenters. The molecule has 1 aromatic heterocycles. The lowest BCUT2D eigenvalue weighted by molar-refractivity contribution is -0.141. The first-order chi connectivity index (χ1) is 11.0. The Labute approximate surface area is 132 Å². The van der Waals surface area contributed by atoms with Gasteiger partial charge in [0.05, 0.1) is 5.92 Å². The molecule has 1 N–H and O–H groups in total. The second-order valence-electron chi connectivity index (χ2n) is 5.60. The summed E-state index contributed by atoms with van der Waals surface area (Å²) >= 11 is 0. The zero-order chi connectivity index (χ0) is 16.4. The van der Waals surface area contributed by atoms with Gasteiger partial charge < -0.3 is 14.5 Å². The van der Waals surface area contributed by atoms with Crippen molar-refractivity contribution in [3.05, 3.63) is 47.1 Å². The molecular weight excluding hydrogens is 298 g/mol. The Hall–Kier alpha value is -2.70. The summed E-state index contributed by atoms with van der Waals surface area (Å²) in [6.07, 6.45) is 0.575. The van der Waals surface area contributed by atoms with Crippen LogP contribution in [0.4, 0.5) is 0 Å². The quantitative estimate of drug-likeness (QED) is 0.919. The molecule has 1 aromatic carbocycles. The van der Waals surface area contributed by atoms with Crippen LogP contribution in [0.15, 0.2) is 28.8 Å². The standard InChI is InChI=1S/C16H17N3O4/c1-10-17-14(23-18-10)6-7-15(20)19-8-11-4-2-3-5-12(11)13(9-19)16(21)22/h2-5,13H,6-9H2,1H3,(H,21,22)/t13-/m1/s1. The Bertz CT molecular complexity index is 740. The van der Waals surface area contributed by atoms with Gasteiger partial charge in [-0.05, 0) is 18.1 Å². The van der Waals surface area contributed by atoms with E-state index in [9.17, 15) is 14.7 Å². The van der Waals surface area contributed by atoms with E-state index in [0.717, 1.165) is 11.1 Å². The third-order valence-electron chi connectivity index (χ3n) is 3.97. The molecule has 23 heavy (non-hydrogen) atoms. The molecule has 7 heteroatoms. The second-order valence-corrected chi connectivity index (χ2v) is 5.60. The average Bonchev–Trinajstić information content (AvgIpc) is 2.96. The zero-order valence-corrected chi connectivity index (χ0v) is 12.7. The minimum absolute atomic E-state index is 0.110. The highest BCUT2D eigenvalue weighted by atomic mass is 16.5. The van der Waals surface area contributed by atoms with Crippen molar-refractivity contribution < 1.29 is 19.2 Å². The van der Waals surface area contributed by atoms with E-state index < -0.39 is 11.9 Å². The molecule has 120 valence electrons. The summed E-state index contributed by atoms with van der Waals surface area (Å²) in [6.45, 7) is 2.34. The number of carboxylic acid groups (broad SMARTS) is 1. The largest absolute Gasteiger partial charge is 0.481 e.